The second-order valence-corrected chi connectivity index (χ2v) is 10.9. The highest BCUT2D eigenvalue weighted by Crippen LogP contribution is 2.33. The molecule has 4 aromatic rings. The maximum Gasteiger partial charge on any atom is 0.260 e. The van der Waals surface area contributed by atoms with E-state index in [0.717, 1.165) is 21.5 Å². The summed E-state index contributed by atoms with van der Waals surface area (Å²) in [5.41, 5.74) is 2.89. The summed E-state index contributed by atoms with van der Waals surface area (Å²) in [5, 5.41) is 0.590. The molecule has 0 unspecified atom stereocenters. The highest BCUT2D eigenvalue weighted by molar-refractivity contribution is 7.89. The summed E-state index contributed by atoms with van der Waals surface area (Å²) >= 11 is 1.43. The number of carbonyl (C=O) groups excluding carboxylic acids is 1. The molecule has 4 rings (SSSR count). The number of hydrogen-bond donors (Lipinski definition) is 0. The van der Waals surface area contributed by atoms with Gasteiger partial charge in [0.1, 0.15) is 5.75 Å². The van der Waals surface area contributed by atoms with E-state index in [1.807, 2.05) is 55.5 Å². The van der Waals surface area contributed by atoms with E-state index in [4.69, 9.17) is 9.72 Å². The molecular formula is C25H24N2O4S2. The Morgan fingerprint density at radius 2 is 1.73 bits per heavy atom. The van der Waals surface area contributed by atoms with E-state index in [1.165, 1.54) is 17.6 Å². The van der Waals surface area contributed by atoms with E-state index < -0.39 is 9.84 Å². The second-order valence-electron chi connectivity index (χ2n) is 7.70. The zero-order valence-corrected chi connectivity index (χ0v) is 20.0. The van der Waals surface area contributed by atoms with Gasteiger partial charge in [-0.1, -0.05) is 53.8 Å². The number of sulfone groups is 1. The molecule has 0 N–H and O–H groups in total. The molecule has 1 aromatic heterocycles. The van der Waals surface area contributed by atoms with Crippen LogP contribution in [0, 0.1) is 0 Å². The van der Waals surface area contributed by atoms with Crippen LogP contribution in [-0.4, -0.2) is 32.2 Å². The molecule has 8 heteroatoms. The Morgan fingerprint density at radius 1 is 1.00 bits per heavy atom. The van der Waals surface area contributed by atoms with Crippen molar-refractivity contribution >= 4 is 42.4 Å². The summed E-state index contributed by atoms with van der Waals surface area (Å²) in [5.74, 6) is 0.506. The first-order chi connectivity index (χ1) is 15.8. The molecule has 170 valence electrons. The van der Waals surface area contributed by atoms with Gasteiger partial charge in [0.25, 0.3) is 5.91 Å². The van der Waals surface area contributed by atoms with Gasteiger partial charge in [-0.05, 0) is 48.4 Å². The summed E-state index contributed by atoms with van der Waals surface area (Å²) in [7, 11) is -3.15. The van der Waals surface area contributed by atoms with E-state index >= 15 is 0 Å². The van der Waals surface area contributed by atoms with Crippen LogP contribution in [0.5, 0.6) is 5.75 Å². The Kier molecular flexibility index (Phi) is 6.76. The van der Waals surface area contributed by atoms with Gasteiger partial charge in [-0.25, -0.2) is 13.4 Å². The average molecular weight is 481 g/mol. The first kappa shape index (κ1) is 22.9. The van der Waals surface area contributed by atoms with Gasteiger partial charge in [0.2, 0.25) is 0 Å². The Morgan fingerprint density at radius 3 is 2.39 bits per heavy atom. The smallest absolute Gasteiger partial charge is 0.260 e. The van der Waals surface area contributed by atoms with Gasteiger partial charge in [0.05, 0.1) is 29.1 Å². The molecule has 0 atom stereocenters. The Hall–Kier alpha value is -3.23. The number of amides is 1. The fraction of sp³-hybridized carbons (Fsp3) is 0.200. The van der Waals surface area contributed by atoms with Crippen LogP contribution in [-0.2, 0) is 22.1 Å². The van der Waals surface area contributed by atoms with Gasteiger partial charge >= 0.3 is 0 Å². The third-order valence-electron chi connectivity index (χ3n) is 4.95. The first-order valence-corrected chi connectivity index (χ1v) is 13.4. The van der Waals surface area contributed by atoms with Crippen molar-refractivity contribution in [2.45, 2.75) is 19.2 Å². The van der Waals surface area contributed by atoms with Crippen LogP contribution in [0.3, 0.4) is 0 Å². The zero-order valence-electron chi connectivity index (χ0n) is 18.4. The molecule has 0 aliphatic carbocycles. The second kappa shape index (κ2) is 9.72. The summed E-state index contributed by atoms with van der Waals surface area (Å²) in [4.78, 5) is 19.9. The van der Waals surface area contributed by atoms with Crippen LogP contribution >= 0.6 is 11.3 Å². The third-order valence-corrected chi connectivity index (χ3v) is 6.85. The molecule has 0 saturated heterocycles. The highest BCUT2D eigenvalue weighted by Gasteiger charge is 2.22. The van der Waals surface area contributed by atoms with Gasteiger partial charge in [0, 0.05) is 11.8 Å². The van der Waals surface area contributed by atoms with Crippen LogP contribution in [0.4, 0.5) is 5.13 Å². The molecule has 0 fully saturated rings. The summed E-state index contributed by atoms with van der Waals surface area (Å²) in [6, 6.07) is 22.1. The minimum atomic E-state index is -3.15. The number of fused-ring (bicyclic) bond motifs is 1. The molecule has 3 aromatic carbocycles. The molecule has 0 aliphatic rings. The molecule has 0 spiro atoms. The van der Waals surface area contributed by atoms with E-state index in [0.29, 0.717) is 29.4 Å². The minimum Gasteiger partial charge on any atom is -0.494 e. The van der Waals surface area contributed by atoms with Crippen LogP contribution in [0.15, 0.2) is 72.8 Å². The number of nitrogens with zero attached hydrogens (tertiary/aromatic N) is 2. The SMILES string of the molecule is CCOc1ccc2nc(N(Cc3ccccc3)C(=O)c3ccc(CS(C)(=O)=O)cc3)sc2c1. The van der Waals surface area contributed by atoms with Crippen molar-refractivity contribution in [1.29, 1.82) is 0 Å². The fourth-order valence-electron chi connectivity index (χ4n) is 3.46. The van der Waals surface area contributed by atoms with Gasteiger partial charge in [0.15, 0.2) is 15.0 Å². The topological polar surface area (TPSA) is 76.6 Å². The number of aromatic nitrogens is 1. The van der Waals surface area contributed by atoms with Crippen LogP contribution in [0.25, 0.3) is 10.2 Å². The standard InChI is InChI=1S/C25H24N2O4S2/c1-3-31-21-13-14-22-23(15-21)32-25(26-22)27(16-18-7-5-4-6-8-18)24(28)20-11-9-19(10-12-20)17-33(2,29)30/h4-15H,3,16-17H2,1-2H3. The van der Waals surface area contributed by atoms with Crippen molar-refractivity contribution in [1.82, 2.24) is 4.98 Å². The largest absolute Gasteiger partial charge is 0.494 e. The van der Waals surface area contributed by atoms with Crippen molar-refractivity contribution in [2.75, 3.05) is 17.8 Å². The number of carbonyl (C=O) groups is 1. The number of rotatable bonds is 8. The number of hydrogen-bond acceptors (Lipinski definition) is 6. The van der Waals surface area contributed by atoms with Crippen molar-refractivity contribution < 1.29 is 17.9 Å². The van der Waals surface area contributed by atoms with Crippen LogP contribution < -0.4 is 9.64 Å². The number of ether oxygens (including phenoxy) is 1. The van der Waals surface area contributed by atoms with Crippen molar-refractivity contribution in [3.05, 3.63) is 89.5 Å². The Bertz CT molecular complexity index is 1360. The molecule has 0 saturated carbocycles. The highest BCUT2D eigenvalue weighted by atomic mass is 32.2. The molecule has 0 bridgehead atoms. The third kappa shape index (κ3) is 5.77. The van der Waals surface area contributed by atoms with Gasteiger partial charge in [-0.2, -0.15) is 0 Å². The number of benzene rings is 3. The maximum atomic E-state index is 13.5. The molecule has 6 nitrogen and oxygen atoms in total. The maximum absolute atomic E-state index is 13.5. The lowest BCUT2D eigenvalue weighted by molar-refractivity contribution is 0.0985. The molecule has 1 heterocycles. The van der Waals surface area contributed by atoms with Crippen molar-refractivity contribution in [3.8, 4) is 5.75 Å². The Labute approximate surface area is 197 Å². The van der Waals surface area contributed by atoms with Gasteiger partial charge in [-0.15, -0.1) is 0 Å². The normalized spacial score (nSPS) is 11.5. The quantitative estimate of drug-likeness (QED) is 0.351. The summed E-state index contributed by atoms with van der Waals surface area (Å²) in [6.07, 6.45) is 1.19. The monoisotopic (exact) mass is 480 g/mol. The predicted molar refractivity (Wildman–Crippen MR) is 133 cm³/mol. The molecule has 0 radical (unpaired) electrons. The van der Waals surface area contributed by atoms with Gasteiger partial charge in [-0.3, -0.25) is 9.69 Å². The van der Waals surface area contributed by atoms with Crippen LogP contribution in [0.1, 0.15) is 28.4 Å². The van der Waals surface area contributed by atoms with Gasteiger partial charge < -0.3 is 4.74 Å². The predicted octanol–water partition coefficient (Wildman–Crippen LogP) is 5.09. The summed E-state index contributed by atoms with van der Waals surface area (Å²) < 4.78 is 29.7. The first-order valence-electron chi connectivity index (χ1n) is 10.5. The van der Waals surface area contributed by atoms with E-state index in [9.17, 15) is 13.2 Å². The summed E-state index contributed by atoms with van der Waals surface area (Å²) in [6.45, 7) is 2.87. The van der Waals surface area contributed by atoms with Crippen molar-refractivity contribution in [2.24, 2.45) is 0 Å². The number of thiazole rings is 1. The van der Waals surface area contributed by atoms with Crippen molar-refractivity contribution in [3.63, 3.8) is 0 Å². The van der Waals surface area contributed by atoms with E-state index in [1.54, 1.807) is 29.2 Å². The Balaban J connectivity index is 1.69. The fourth-order valence-corrected chi connectivity index (χ4v) is 5.25. The zero-order chi connectivity index (χ0) is 23.4. The lowest BCUT2D eigenvalue weighted by atomic mass is 10.1. The number of anilines is 1. The van der Waals surface area contributed by atoms with Crippen LogP contribution in [0.2, 0.25) is 0 Å². The lowest BCUT2D eigenvalue weighted by Crippen LogP contribution is -2.30. The van der Waals surface area contributed by atoms with E-state index in [2.05, 4.69) is 0 Å². The lowest BCUT2D eigenvalue weighted by Gasteiger charge is -2.20. The molecule has 33 heavy (non-hydrogen) atoms. The minimum absolute atomic E-state index is 0.0603. The molecular weight excluding hydrogens is 456 g/mol. The molecule has 0 aliphatic heterocycles. The van der Waals surface area contributed by atoms with E-state index in [-0.39, 0.29) is 11.7 Å². The molecule has 1 amide bonds. The average Bonchev–Trinajstić information content (AvgIpc) is 3.20.